The van der Waals surface area contributed by atoms with Crippen LogP contribution in [0.1, 0.15) is 16.5 Å². The lowest BCUT2D eigenvalue weighted by atomic mass is 10.0. The van der Waals surface area contributed by atoms with Crippen molar-refractivity contribution < 1.29 is 8.78 Å². The van der Waals surface area contributed by atoms with Gasteiger partial charge in [-0.1, -0.05) is 17.7 Å². The van der Waals surface area contributed by atoms with Crippen molar-refractivity contribution in [3.63, 3.8) is 0 Å². The Morgan fingerprint density at radius 3 is 2.41 bits per heavy atom. The summed E-state index contributed by atoms with van der Waals surface area (Å²) in [4.78, 5) is 0.745. The van der Waals surface area contributed by atoms with E-state index in [-0.39, 0.29) is 12.0 Å². The molecule has 0 amide bonds. The van der Waals surface area contributed by atoms with Gasteiger partial charge in [0, 0.05) is 16.5 Å². The van der Waals surface area contributed by atoms with Crippen molar-refractivity contribution in [1.82, 2.24) is 0 Å². The van der Waals surface area contributed by atoms with Crippen LogP contribution in [0.4, 0.5) is 8.78 Å². The zero-order chi connectivity index (χ0) is 12.4. The number of benzene rings is 1. The number of hydrogen-bond donors (Lipinski definition) is 1. The molecule has 0 radical (unpaired) electrons. The molecule has 17 heavy (non-hydrogen) atoms. The van der Waals surface area contributed by atoms with Gasteiger partial charge in [-0.3, -0.25) is 0 Å². The highest BCUT2D eigenvalue weighted by Gasteiger charge is 2.17. The fourth-order valence-electron chi connectivity index (χ4n) is 1.61. The molecule has 0 aliphatic carbocycles. The molecule has 90 valence electrons. The van der Waals surface area contributed by atoms with Crippen LogP contribution in [0.15, 0.2) is 29.6 Å². The molecule has 0 bridgehead atoms. The molecule has 0 saturated heterocycles. The topological polar surface area (TPSA) is 26.0 Å². The van der Waals surface area contributed by atoms with Crippen molar-refractivity contribution in [3.8, 4) is 0 Å². The predicted molar refractivity (Wildman–Crippen MR) is 66.3 cm³/mol. The molecule has 5 heteroatoms. The zero-order valence-corrected chi connectivity index (χ0v) is 10.4. The van der Waals surface area contributed by atoms with E-state index in [9.17, 15) is 8.78 Å². The number of nitrogens with two attached hydrogens (primary N) is 1. The third kappa shape index (κ3) is 2.65. The van der Waals surface area contributed by atoms with E-state index in [1.165, 1.54) is 29.5 Å². The Balaban J connectivity index is 2.25. The van der Waals surface area contributed by atoms with Crippen LogP contribution in [0, 0.1) is 11.6 Å². The summed E-state index contributed by atoms with van der Waals surface area (Å²) in [5.74, 6) is -1.15. The summed E-state index contributed by atoms with van der Waals surface area (Å²) < 4.78 is 26.9. The number of halogens is 3. The van der Waals surface area contributed by atoms with E-state index in [1.54, 1.807) is 11.4 Å². The Labute approximate surface area is 107 Å². The molecule has 1 aromatic heterocycles. The molecule has 0 spiro atoms. The van der Waals surface area contributed by atoms with E-state index in [4.69, 9.17) is 17.3 Å². The van der Waals surface area contributed by atoms with E-state index < -0.39 is 17.7 Å². The maximum atomic E-state index is 13.4. The van der Waals surface area contributed by atoms with Gasteiger partial charge in [-0.2, -0.15) is 0 Å². The number of rotatable bonds is 3. The summed E-state index contributed by atoms with van der Waals surface area (Å²) in [6.45, 7) is 0. The minimum atomic E-state index is -0.576. The molecule has 0 aliphatic heterocycles. The molecule has 1 aromatic carbocycles. The van der Waals surface area contributed by atoms with Gasteiger partial charge >= 0.3 is 0 Å². The first-order valence-electron chi connectivity index (χ1n) is 5.01. The summed E-state index contributed by atoms with van der Waals surface area (Å²) in [6, 6.07) is 5.01. The highest BCUT2D eigenvalue weighted by atomic mass is 35.5. The molecular weight excluding hydrogens is 264 g/mol. The summed E-state index contributed by atoms with van der Waals surface area (Å²) in [5.41, 5.74) is 5.91. The number of hydrogen-bond acceptors (Lipinski definition) is 2. The molecule has 1 heterocycles. The van der Waals surface area contributed by atoms with Gasteiger partial charge < -0.3 is 5.73 Å². The van der Waals surface area contributed by atoms with Crippen molar-refractivity contribution in [3.05, 3.63) is 56.7 Å². The van der Waals surface area contributed by atoms with Gasteiger partial charge in [0.2, 0.25) is 0 Å². The van der Waals surface area contributed by atoms with Crippen molar-refractivity contribution in [2.24, 2.45) is 5.73 Å². The Bertz CT molecular complexity index is 507. The minimum Gasteiger partial charge on any atom is -0.323 e. The molecule has 1 atom stereocenters. The first-order chi connectivity index (χ1) is 8.09. The van der Waals surface area contributed by atoms with Crippen molar-refractivity contribution in [2.45, 2.75) is 12.5 Å². The molecule has 2 rings (SSSR count). The summed E-state index contributed by atoms with van der Waals surface area (Å²) >= 11 is 7.31. The van der Waals surface area contributed by atoms with Gasteiger partial charge in [-0.25, -0.2) is 8.78 Å². The van der Waals surface area contributed by atoms with Gasteiger partial charge in [-0.05, 0) is 30.0 Å². The van der Waals surface area contributed by atoms with Crippen LogP contribution in [-0.4, -0.2) is 0 Å². The third-order valence-corrected chi connectivity index (χ3v) is 3.96. The lowest BCUT2D eigenvalue weighted by Gasteiger charge is -2.11. The first-order valence-corrected chi connectivity index (χ1v) is 6.26. The van der Waals surface area contributed by atoms with E-state index in [1.807, 2.05) is 0 Å². The SMILES string of the molecule is NC(Cc1c(F)cccc1F)c1sccc1Cl. The van der Waals surface area contributed by atoms with Gasteiger partial charge in [0.1, 0.15) is 11.6 Å². The lowest BCUT2D eigenvalue weighted by Crippen LogP contribution is -2.14. The molecule has 0 aliphatic rings. The largest absolute Gasteiger partial charge is 0.323 e. The molecular formula is C12H10ClF2NS. The Hall–Kier alpha value is -0.970. The van der Waals surface area contributed by atoms with Crippen molar-refractivity contribution in [2.75, 3.05) is 0 Å². The molecule has 2 N–H and O–H groups in total. The monoisotopic (exact) mass is 273 g/mol. The normalized spacial score (nSPS) is 12.7. The summed E-state index contributed by atoms with van der Waals surface area (Å²) in [5, 5.41) is 2.34. The van der Waals surface area contributed by atoms with Gasteiger partial charge in [0.05, 0.1) is 5.02 Å². The van der Waals surface area contributed by atoms with Crippen LogP contribution in [0.25, 0.3) is 0 Å². The summed E-state index contributed by atoms with van der Waals surface area (Å²) in [6.07, 6.45) is 0.0960. The predicted octanol–water partition coefficient (Wildman–Crippen LogP) is 3.92. The van der Waals surface area contributed by atoms with Crippen LogP contribution in [-0.2, 0) is 6.42 Å². The third-order valence-electron chi connectivity index (χ3n) is 2.47. The maximum Gasteiger partial charge on any atom is 0.129 e. The molecule has 2 aromatic rings. The van der Waals surface area contributed by atoms with E-state index in [0.29, 0.717) is 5.02 Å². The van der Waals surface area contributed by atoms with Gasteiger partial charge in [-0.15, -0.1) is 11.3 Å². The second kappa shape index (κ2) is 5.12. The minimum absolute atomic E-state index is 0.00414. The van der Waals surface area contributed by atoms with Crippen molar-refractivity contribution in [1.29, 1.82) is 0 Å². The summed E-state index contributed by atoms with van der Waals surface area (Å²) in [7, 11) is 0. The van der Waals surface area contributed by atoms with Crippen molar-refractivity contribution >= 4 is 22.9 Å². The fraction of sp³-hybridized carbons (Fsp3) is 0.167. The standard InChI is InChI=1S/C12H10ClF2NS/c13-8-4-5-17-12(8)11(16)6-7-9(14)2-1-3-10(7)15/h1-5,11H,6,16H2. The molecule has 1 nitrogen and oxygen atoms in total. The average Bonchev–Trinajstić information content (AvgIpc) is 2.70. The second-order valence-corrected chi connectivity index (χ2v) is 5.00. The van der Waals surface area contributed by atoms with Crippen LogP contribution < -0.4 is 5.73 Å². The highest BCUT2D eigenvalue weighted by molar-refractivity contribution is 7.10. The fourth-order valence-corrected chi connectivity index (χ4v) is 2.81. The lowest BCUT2D eigenvalue weighted by molar-refractivity contribution is 0.541. The van der Waals surface area contributed by atoms with E-state index in [0.717, 1.165) is 4.88 Å². The van der Waals surface area contributed by atoms with Crippen LogP contribution in [0.5, 0.6) is 0 Å². The quantitative estimate of drug-likeness (QED) is 0.901. The van der Waals surface area contributed by atoms with E-state index >= 15 is 0 Å². The zero-order valence-electron chi connectivity index (χ0n) is 8.79. The van der Waals surface area contributed by atoms with Gasteiger partial charge in [0.25, 0.3) is 0 Å². The van der Waals surface area contributed by atoms with Crippen LogP contribution in [0.2, 0.25) is 5.02 Å². The average molecular weight is 274 g/mol. The van der Waals surface area contributed by atoms with Gasteiger partial charge in [0.15, 0.2) is 0 Å². The Morgan fingerprint density at radius 2 is 1.88 bits per heavy atom. The Morgan fingerprint density at radius 1 is 1.24 bits per heavy atom. The first kappa shape index (κ1) is 12.5. The highest BCUT2D eigenvalue weighted by Crippen LogP contribution is 2.30. The second-order valence-electron chi connectivity index (χ2n) is 3.64. The van der Waals surface area contributed by atoms with Crippen LogP contribution in [0.3, 0.4) is 0 Å². The molecule has 0 saturated carbocycles. The van der Waals surface area contributed by atoms with Crippen LogP contribution >= 0.6 is 22.9 Å². The Kier molecular flexibility index (Phi) is 3.76. The smallest absolute Gasteiger partial charge is 0.129 e. The van der Waals surface area contributed by atoms with E-state index in [2.05, 4.69) is 0 Å². The maximum absolute atomic E-state index is 13.4. The molecule has 1 unspecified atom stereocenters. The molecule has 0 fully saturated rings. The number of thiophene rings is 1.